The quantitative estimate of drug-likeness (QED) is 0.290. The molecule has 2 heterocycles. The van der Waals surface area contributed by atoms with Crippen LogP contribution in [0.4, 0.5) is 5.69 Å². The van der Waals surface area contributed by atoms with Crippen LogP contribution in [0.2, 0.25) is 0 Å². The van der Waals surface area contributed by atoms with Crippen LogP contribution in [0.3, 0.4) is 0 Å². The fraction of sp³-hybridized carbons (Fsp3) is 0.138. The zero-order valence-electron chi connectivity index (χ0n) is 19.2. The Morgan fingerprint density at radius 2 is 1.66 bits per heavy atom. The van der Waals surface area contributed by atoms with Gasteiger partial charge in [-0.1, -0.05) is 66.7 Å². The first-order chi connectivity index (χ1) is 17.2. The molecule has 0 N–H and O–H groups in total. The van der Waals surface area contributed by atoms with Crippen LogP contribution in [-0.4, -0.2) is 27.1 Å². The maximum absolute atomic E-state index is 13.5. The number of aromatic nitrogens is 1. The number of para-hydroxylation sites is 2. The molecule has 0 atom stereocenters. The van der Waals surface area contributed by atoms with Crippen LogP contribution in [0.5, 0.6) is 0 Å². The van der Waals surface area contributed by atoms with Crippen molar-refractivity contribution in [1.82, 2.24) is 9.47 Å². The van der Waals surface area contributed by atoms with Crippen molar-refractivity contribution in [3.05, 3.63) is 107 Å². The third-order valence-electron chi connectivity index (χ3n) is 5.91. The smallest absolute Gasteiger partial charge is 0.266 e. The van der Waals surface area contributed by atoms with E-state index in [9.17, 15) is 10.1 Å². The summed E-state index contributed by atoms with van der Waals surface area (Å²) in [6, 6.07) is 30.2. The van der Waals surface area contributed by atoms with Gasteiger partial charge in [0.2, 0.25) is 0 Å². The van der Waals surface area contributed by atoms with Gasteiger partial charge >= 0.3 is 0 Å². The van der Waals surface area contributed by atoms with Gasteiger partial charge in [0.1, 0.15) is 6.54 Å². The van der Waals surface area contributed by atoms with Crippen molar-refractivity contribution in [2.24, 2.45) is 4.99 Å². The van der Waals surface area contributed by atoms with E-state index in [0.717, 1.165) is 35.0 Å². The number of nitrogens with zero attached hydrogens (tertiary/aromatic N) is 4. The number of nitriles is 1. The molecule has 6 heteroatoms. The second kappa shape index (κ2) is 10.5. The summed E-state index contributed by atoms with van der Waals surface area (Å²) in [5, 5.41) is 10.9. The minimum atomic E-state index is -0.0325. The van der Waals surface area contributed by atoms with Crippen LogP contribution in [0.15, 0.2) is 101 Å². The number of rotatable bonds is 7. The lowest BCUT2D eigenvalue weighted by Crippen LogP contribution is -2.30. The number of hydrogen-bond acceptors (Lipinski definition) is 4. The molecule has 5 nitrogen and oxygen atoms in total. The molecule has 0 radical (unpaired) electrons. The summed E-state index contributed by atoms with van der Waals surface area (Å²) in [7, 11) is 0. The molecule has 4 aromatic rings. The second-order valence-electron chi connectivity index (χ2n) is 8.27. The Labute approximate surface area is 209 Å². The van der Waals surface area contributed by atoms with Gasteiger partial charge in [-0.05, 0) is 54.4 Å². The van der Waals surface area contributed by atoms with E-state index in [4.69, 9.17) is 4.99 Å². The van der Waals surface area contributed by atoms with Crippen molar-refractivity contribution < 1.29 is 4.79 Å². The summed E-state index contributed by atoms with van der Waals surface area (Å²) in [5.74, 6) is -0.0325. The van der Waals surface area contributed by atoms with Gasteiger partial charge in [0, 0.05) is 29.2 Å². The maximum Gasteiger partial charge on any atom is 0.266 e. The van der Waals surface area contributed by atoms with E-state index in [1.165, 1.54) is 17.3 Å². The van der Waals surface area contributed by atoms with Crippen molar-refractivity contribution in [2.45, 2.75) is 19.4 Å². The van der Waals surface area contributed by atoms with Crippen LogP contribution < -0.4 is 0 Å². The zero-order chi connectivity index (χ0) is 24.0. The van der Waals surface area contributed by atoms with Crippen LogP contribution in [0, 0.1) is 11.3 Å². The Kier molecular flexibility index (Phi) is 6.78. The largest absolute Gasteiger partial charge is 0.333 e. The molecule has 1 aliphatic heterocycles. The molecule has 0 spiro atoms. The zero-order valence-corrected chi connectivity index (χ0v) is 20.0. The minimum absolute atomic E-state index is 0.0325. The minimum Gasteiger partial charge on any atom is -0.333 e. The second-order valence-corrected chi connectivity index (χ2v) is 9.28. The Hall–Kier alpha value is -4.08. The van der Waals surface area contributed by atoms with Crippen molar-refractivity contribution in [1.29, 1.82) is 5.26 Å². The summed E-state index contributed by atoms with van der Waals surface area (Å²) < 4.78 is 1.92. The van der Waals surface area contributed by atoms with Gasteiger partial charge in [-0.2, -0.15) is 5.26 Å². The average molecular weight is 477 g/mol. The number of carbonyl (C=O) groups excluding carboxylic acids is 1. The third kappa shape index (κ3) is 5.06. The van der Waals surface area contributed by atoms with E-state index in [1.54, 1.807) is 4.90 Å². The first-order valence-electron chi connectivity index (χ1n) is 11.6. The Balaban J connectivity index is 1.46. The number of aryl methyl sites for hydroxylation is 1. The van der Waals surface area contributed by atoms with E-state index in [1.807, 2.05) is 89.6 Å². The van der Waals surface area contributed by atoms with Crippen LogP contribution in [0.25, 0.3) is 17.0 Å². The number of fused-ring (bicyclic) bond motifs is 1. The summed E-state index contributed by atoms with van der Waals surface area (Å²) in [4.78, 5) is 20.7. The highest BCUT2D eigenvalue weighted by molar-refractivity contribution is 8.18. The van der Waals surface area contributed by atoms with E-state index >= 15 is 0 Å². The monoisotopic (exact) mass is 476 g/mol. The van der Waals surface area contributed by atoms with Crippen molar-refractivity contribution >= 4 is 45.5 Å². The Bertz CT molecular complexity index is 1450. The summed E-state index contributed by atoms with van der Waals surface area (Å²) >= 11 is 1.41. The number of thioether (sulfide) groups is 1. The van der Waals surface area contributed by atoms with Crippen LogP contribution in [-0.2, 0) is 17.8 Å². The number of amides is 1. The summed E-state index contributed by atoms with van der Waals surface area (Å²) in [5.41, 5.74) is 3.99. The highest BCUT2D eigenvalue weighted by atomic mass is 32.2. The first-order valence-corrected chi connectivity index (χ1v) is 12.4. The lowest BCUT2D eigenvalue weighted by atomic mass is 10.1. The predicted octanol–water partition coefficient (Wildman–Crippen LogP) is 6.40. The number of amidine groups is 1. The molecule has 1 amide bonds. The fourth-order valence-corrected chi connectivity index (χ4v) is 5.24. The number of benzene rings is 3. The van der Waals surface area contributed by atoms with Gasteiger partial charge in [-0.25, -0.2) is 4.99 Å². The van der Waals surface area contributed by atoms with Crippen molar-refractivity contribution in [2.75, 3.05) is 6.54 Å². The van der Waals surface area contributed by atoms with Gasteiger partial charge in [-0.3, -0.25) is 9.69 Å². The van der Waals surface area contributed by atoms with Crippen molar-refractivity contribution in [3.63, 3.8) is 0 Å². The lowest BCUT2D eigenvalue weighted by Gasteiger charge is -2.15. The van der Waals surface area contributed by atoms with Gasteiger partial charge in [0.05, 0.1) is 16.7 Å². The molecule has 3 aromatic carbocycles. The van der Waals surface area contributed by atoms with Gasteiger partial charge in [0.15, 0.2) is 5.17 Å². The molecule has 172 valence electrons. The molecule has 0 unspecified atom stereocenters. The maximum atomic E-state index is 13.5. The Morgan fingerprint density at radius 3 is 2.43 bits per heavy atom. The molecule has 1 aromatic heterocycles. The number of hydrogen-bond donors (Lipinski definition) is 0. The van der Waals surface area contributed by atoms with Crippen LogP contribution in [0.1, 0.15) is 17.5 Å². The highest BCUT2D eigenvalue weighted by Crippen LogP contribution is 2.36. The molecule has 1 aliphatic rings. The fourth-order valence-electron chi connectivity index (χ4n) is 4.23. The summed E-state index contributed by atoms with van der Waals surface area (Å²) in [6.45, 7) is 0.858. The Morgan fingerprint density at radius 1 is 0.943 bits per heavy atom. The van der Waals surface area contributed by atoms with E-state index in [2.05, 4.69) is 18.2 Å². The highest BCUT2D eigenvalue weighted by Gasteiger charge is 2.33. The molecule has 5 rings (SSSR count). The lowest BCUT2D eigenvalue weighted by molar-refractivity contribution is -0.122. The standard InChI is InChI=1S/C29H24N4OS/c30-17-19-32-21-23(25-15-7-8-16-26(25)32)20-27-28(34)33(18-9-12-22-10-3-1-4-11-22)29(35-27)31-24-13-5-2-6-14-24/h1-8,10-11,13-16,20-21H,9,12,18-19H2/b27-20-,31-29?. The van der Waals surface area contributed by atoms with E-state index in [-0.39, 0.29) is 12.5 Å². The first kappa shape index (κ1) is 22.7. The van der Waals surface area contributed by atoms with Gasteiger partial charge in [-0.15, -0.1) is 0 Å². The van der Waals surface area contributed by atoms with Gasteiger partial charge < -0.3 is 4.57 Å². The topological polar surface area (TPSA) is 61.4 Å². The molecule has 0 saturated carbocycles. The third-order valence-corrected chi connectivity index (χ3v) is 6.91. The van der Waals surface area contributed by atoms with E-state index in [0.29, 0.717) is 16.6 Å². The number of aliphatic imine (C=N–C) groups is 1. The predicted molar refractivity (Wildman–Crippen MR) is 143 cm³/mol. The average Bonchev–Trinajstić information content (AvgIpc) is 3.38. The normalized spacial score (nSPS) is 15.9. The van der Waals surface area contributed by atoms with Crippen LogP contribution >= 0.6 is 11.8 Å². The molecule has 35 heavy (non-hydrogen) atoms. The van der Waals surface area contributed by atoms with Gasteiger partial charge in [0.25, 0.3) is 5.91 Å². The molecular formula is C29H24N4OS. The molecule has 0 bridgehead atoms. The van der Waals surface area contributed by atoms with E-state index < -0.39 is 0 Å². The molecule has 1 saturated heterocycles. The number of carbonyl (C=O) groups is 1. The molecule has 0 aliphatic carbocycles. The van der Waals surface area contributed by atoms with Crippen molar-refractivity contribution in [3.8, 4) is 6.07 Å². The molecule has 1 fully saturated rings. The molecular weight excluding hydrogens is 452 g/mol. The SMILES string of the molecule is N#CCn1cc(/C=C2\SC(=Nc3ccccc3)N(CCCc3ccccc3)C2=O)c2ccccc21. The summed E-state index contributed by atoms with van der Waals surface area (Å²) in [6.07, 6.45) is 5.62.